The van der Waals surface area contributed by atoms with Gasteiger partial charge in [-0.25, -0.2) is 0 Å². The average Bonchev–Trinajstić information content (AvgIpc) is 2.55. The highest BCUT2D eigenvalue weighted by molar-refractivity contribution is 5.97. The summed E-state index contributed by atoms with van der Waals surface area (Å²) in [4.78, 5) is 12.3. The zero-order valence-corrected chi connectivity index (χ0v) is 12.8. The molecule has 0 aliphatic heterocycles. The highest BCUT2D eigenvalue weighted by Gasteiger charge is 2.15. The maximum absolute atomic E-state index is 12.3. The molecule has 2 aromatic rings. The average molecular weight is 293 g/mol. The van der Waals surface area contributed by atoms with Crippen LogP contribution in [0.25, 0.3) is 0 Å². The van der Waals surface area contributed by atoms with E-state index in [0.717, 1.165) is 12.1 Å². The largest absolute Gasteiger partial charge is 0.374 e. The molecule has 0 radical (unpaired) electrons. The van der Waals surface area contributed by atoms with Crippen LogP contribution >= 0.6 is 0 Å². The van der Waals surface area contributed by atoms with Gasteiger partial charge in [0, 0.05) is 5.69 Å². The van der Waals surface area contributed by atoms with Crippen molar-refractivity contribution in [2.45, 2.75) is 26.3 Å². The number of rotatable bonds is 5. The molecule has 1 atom stereocenters. The Hall–Kier alpha value is -2.80. The van der Waals surface area contributed by atoms with Crippen molar-refractivity contribution >= 4 is 17.3 Å². The first-order chi connectivity index (χ1) is 10.7. The molecule has 0 saturated carbocycles. The third-order valence-corrected chi connectivity index (χ3v) is 3.47. The van der Waals surface area contributed by atoms with Crippen LogP contribution in [-0.2, 0) is 11.2 Å². The Morgan fingerprint density at radius 2 is 1.77 bits per heavy atom. The van der Waals surface area contributed by atoms with Crippen molar-refractivity contribution in [3.05, 3.63) is 59.7 Å². The Kier molecular flexibility index (Phi) is 5.16. The second-order valence-corrected chi connectivity index (χ2v) is 5.02. The molecule has 0 saturated heterocycles. The molecule has 22 heavy (non-hydrogen) atoms. The predicted molar refractivity (Wildman–Crippen MR) is 88.7 cm³/mol. The minimum Gasteiger partial charge on any atom is -0.374 e. The number of aryl methyl sites for hydroxylation is 1. The summed E-state index contributed by atoms with van der Waals surface area (Å²) >= 11 is 0. The number of carbonyl (C=O) groups excluding carboxylic acids is 1. The fourth-order valence-corrected chi connectivity index (χ4v) is 2.20. The monoisotopic (exact) mass is 293 g/mol. The number of amides is 1. The standard InChI is InChI=1S/C18H19N3O/c1-3-14-8-4-6-10-16(14)20-13(2)18(22)21-17-11-7-5-9-15(17)12-19/h4-11,13,20H,3H2,1-2H3,(H,21,22)/t13-/m0/s1. The number of nitrogens with zero attached hydrogens (tertiary/aromatic N) is 1. The zero-order valence-electron chi connectivity index (χ0n) is 12.8. The van der Waals surface area contributed by atoms with Gasteiger partial charge in [-0.15, -0.1) is 0 Å². The van der Waals surface area contributed by atoms with Crippen molar-refractivity contribution < 1.29 is 4.79 Å². The van der Waals surface area contributed by atoms with E-state index in [1.807, 2.05) is 24.3 Å². The third-order valence-electron chi connectivity index (χ3n) is 3.47. The summed E-state index contributed by atoms with van der Waals surface area (Å²) in [5.41, 5.74) is 3.12. The minimum atomic E-state index is -0.403. The van der Waals surface area contributed by atoms with Crippen LogP contribution in [0.1, 0.15) is 25.0 Å². The highest BCUT2D eigenvalue weighted by atomic mass is 16.2. The lowest BCUT2D eigenvalue weighted by molar-refractivity contribution is -0.116. The van der Waals surface area contributed by atoms with Crippen LogP contribution in [0.5, 0.6) is 0 Å². The summed E-state index contributed by atoms with van der Waals surface area (Å²) < 4.78 is 0. The Balaban J connectivity index is 2.08. The molecule has 4 nitrogen and oxygen atoms in total. The summed E-state index contributed by atoms with van der Waals surface area (Å²) in [5.74, 6) is -0.173. The molecular weight excluding hydrogens is 274 g/mol. The topological polar surface area (TPSA) is 64.9 Å². The highest BCUT2D eigenvalue weighted by Crippen LogP contribution is 2.18. The SMILES string of the molecule is CCc1ccccc1N[C@@H](C)C(=O)Nc1ccccc1C#N. The van der Waals surface area contributed by atoms with Gasteiger partial charge in [-0.3, -0.25) is 4.79 Å². The molecule has 0 aliphatic rings. The van der Waals surface area contributed by atoms with Crippen LogP contribution in [-0.4, -0.2) is 11.9 Å². The quantitative estimate of drug-likeness (QED) is 0.886. The van der Waals surface area contributed by atoms with Crippen LogP contribution in [0.3, 0.4) is 0 Å². The van der Waals surface area contributed by atoms with E-state index in [4.69, 9.17) is 5.26 Å². The summed E-state index contributed by atoms with van der Waals surface area (Å²) in [6.45, 7) is 3.88. The molecule has 0 aromatic heterocycles. The van der Waals surface area contributed by atoms with Crippen molar-refractivity contribution in [1.29, 1.82) is 5.26 Å². The predicted octanol–water partition coefficient (Wildman–Crippen LogP) is 3.56. The number of hydrogen-bond donors (Lipinski definition) is 2. The number of benzene rings is 2. The first kappa shape index (κ1) is 15.6. The second-order valence-electron chi connectivity index (χ2n) is 5.02. The Morgan fingerprint density at radius 3 is 2.45 bits per heavy atom. The molecule has 0 heterocycles. The second kappa shape index (κ2) is 7.28. The lowest BCUT2D eigenvalue weighted by Gasteiger charge is -2.18. The van der Waals surface area contributed by atoms with Crippen LogP contribution in [0.2, 0.25) is 0 Å². The Morgan fingerprint density at radius 1 is 1.14 bits per heavy atom. The number of hydrogen-bond acceptors (Lipinski definition) is 3. The van der Waals surface area contributed by atoms with E-state index in [-0.39, 0.29) is 5.91 Å². The maximum Gasteiger partial charge on any atom is 0.246 e. The van der Waals surface area contributed by atoms with Crippen LogP contribution in [0.15, 0.2) is 48.5 Å². The fourth-order valence-electron chi connectivity index (χ4n) is 2.20. The van der Waals surface area contributed by atoms with Crippen LogP contribution in [0, 0.1) is 11.3 Å². The van der Waals surface area contributed by atoms with Crippen molar-refractivity contribution in [1.82, 2.24) is 0 Å². The number of nitriles is 1. The Labute approximate surface area is 130 Å². The van der Waals surface area contributed by atoms with Gasteiger partial charge < -0.3 is 10.6 Å². The van der Waals surface area contributed by atoms with Gasteiger partial charge >= 0.3 is 0 Å². The van der Waals surface area contributed by atoms with Gasteiger partial charge in [-0.2, -0.15) is 5.26 Å². The van der Waals surface area contributed by atoms with Gasteiger partial charge in [0.05, 0.1) is 11.3 Å². The Bertz CT molecular complexity index is 703. The first-order valence-corrected chi connectivity index (χ1v) is 7.30. The number of para-hydroxylation sites is 2. The van der Waals surface area contributed by atoms with E-state index in [9.17, 15) is 4.79 Å². The fraction of sp³-hybridized carbons (Fsp3) is 0.222. The van der Waals surface area contributed by atoms with Crippen LogP contribution < -0.4 is 10.6 Å². The minimum absolute atomic E-state index is 0.173. The molecule has 4 heteroatoms. The van der Waals surface area contributed by atoms with E-state index < -0.39 is 6.04 Å². The normalized spacial score (nSPS) is 11.3. The van der Waals surface area contributed by atoms with Crippen molar-refractivity contribution in [3.8, 4) is 6.07 Å². The van der Waals surface area contributed by atoms with Crippen molar-refractivity contribution in [3.63, 3.8) is 0 Å². The van der Waals surface area contributed by atoms with Gasteiger partial charge in [-0.05, 0) is 37.1 Å². The van der Waals surface area contributed by atoms with Crippen molar-refractivity contribution in [2.24, 2.45) is 0 Å². The van der Waals surface area contributed by atoms with E-state index >= 15 is 0 Å². The first-order valence-electron chi connectivity index (χ1n) is 7.30. The summed E-state index contributed by atoms with van der Waals surface area (Å²) in [5, 5.41) is 15.1. The van der Waals surface area contributed by atoms with Gasteiger partial charge in [0.1, 0.15) is 12.1 Å². The van der Waals surface area contributed by atoms with Crippen LogP contribution in [0.4, 0.5) is 11.4 Å². The number of nitrogens with one attached hydrogen (secondary N) is 2. The molecule has 0 aliphatic carbocycles. The molecule has 1 amide bonds. The molecule has 112 valence electrons. The molecular formula is C18H19N3O. The molecule has 0 spiro atoms. The summed E-state index contributed by atoms with van der Waals surface area (Å²) in [7, 11) is 0. The van der Waals surface area contributed by atoms with E-state index in [1.165, 1.54) is 5.56 Å². The van der Waals surface area contributed by atoms with Crippen molar-refractivity contribution in [2.75, 3.05) is 10.6 Å². The van der Waals surface area contributed by atoms with E-state index in [2.05, 4.69) is 23.6 Å². The number of anilines is 2. The molecule has 2 aromatic carbocycles. The third kappa shape index (κ3) is 3.64. The number of carbonyl (C=O) groups is 1. The molecule has 0 bridgehead atoms. The molecule has 2 N–H and O–H groups in total. The molecule has 0 fully saturated rings. The van der Waals surface area contributed by atoms with Gasteiger partial charge in [0.25, 0.3) is 0 Å². The van der Waals surface area contributed by atoms with Gasteiger partial charge in [0.2, 0.25) is 5.91 Å². The van der Waals surface area contributed by atoms with E-state index in [1.54, 1.807) is 31.2 Å². The lowest BCUT2D eigenvalue weighted by atomic mass is 10.1. The smallest absolute Gasteiger partial charge is 0.246 e. The summed E-state index contributed by atoms with van der Waals surface area (Å²) in [6, 6.07) is 16.6. The maximum atomic E-state index is 12.3. The molecule has 2 rings (SSSR count). The van der Waals surface area contributed by atoms with Gasteiger partial charge in [-0.1, -0.05) is 37.3 Å². The van der Waals surface area contributed by atoms with Gasteiger partial charge in [0.15, 0.2) is 0 Å². The summed E-state index contributed by atoms with van der Waals surface area (Å²) in [6.07, 6.45) is 0.898. The van der Waals surface area contributed by atoms with E-state index in [0.29, 0.717) is 11.3 Å². The zero-order chi connectivity index (χ0) is 15.9. The molecule has 0 unspecified atom stereocenters. The lowest BCUT2D eigenvalue weighted by Crippen LogP contribution is -2.32.